The number of benzene rings is 1. The zero-order valence-electron chi connectivity index (χ0n) is 15.1. The standard InChI is InChI=1S/C20H16ClFN2O4/c1-11-9-17(26)18(20(27)28-11)16(25)8-7-15-12(2)23-24(19(15)21)10-13-3-5-14(22)6-4-13/h3-9,26H,10H2,1-2H3/b8-7+. The van der Waals surface area contributed by atoms with E-state index in [0.717, 1.165) is 11.6 Å². The van der Waals surface area contributed by atoms with Crippen LogP contribution in [-0.2, 0) is 6.54 Å². The molecule has 0 amide bonds. The maximum Gasteiger partial charge on any atom is 0.351 e. The van der Waals surface area contributed by atoms with E-state index in [-0.39, 0.29) is 16.7 Å². The minimum Gasteiger partial charge on any atom is -0.507 e. The molecule has 2 heterocycles. The summed E-state index contributed by atoms with van der Waals surface area (Å²) in [6, 6.07) is 7.14. The minimum absolute atomic E-state index is 0.198. The van der Waals surface area contributed by atoms with Gasteiger partial charge in [-0.2, -0.15) is 5.10 Å². The number of aromatic nitrogens is 2. The molecule has 2 aromatic heterocycles. The number of ketones is 1. The number of aromatic hydroxyl groups is 1. The van der Waals surface area contributed by atoms with Gasteiger partial charge in [-0.15, -0.1) is 0 Å². The van der Waals surface area contributed by atoms with E-state index in [2.05, 4.69) is 5.10 Å². The Balaban J connectivity index is 1.87. The first-order valence-corrected chi connectivity index (χ1v) is 8.67. The van der Waals surface area contributed by atoms with E-state index in [0.29, 0.717) is 17.8 Å². The second kappa shape index (κ2) is 7.82. The Hall–Kier alpha value is -3.19. The van der Waals surface area contributed by atoms with E-state index in [4.69, 9.17) is 16.0 Å². The Morgan fingerprint density at radius 3 is 2.64 bits per heavy atom. The molecule has 0 spiro atoms. The van der Waals surface area contributed by atoms with Crippen molar-refractivity contribution in [1.82, 2.24) is 9.78 Å². The molecule has 0 saturated carbocycles. The number of nitrogens with zero attached hydrogens (tertiary/aromatic N) is 2. The zero-order chi connectivity index (χ0) is 20.4. The summed E-state index contributed by atoms with van der Waals surface area (Å²) in [5, 5.41) is 14.5. The number of hydrogen-bond acceptors (Lipinski definition) is 5. The van der Waals surface area contributed by atoms with Gasteiger partial charge in [0.15, 0.2) is 5.78 Å². The Labute approximate surface area is 164 Å². The SMILES string of the molecule is Cc1cc(O)c(C(=O)/C=C/c2c(C)nn(Cc3ccc(F)cc3)c2Cl)c(=O)o1. The zero-order valence-corrected chi connectivity index (χ0v) is 15.8. The molecule has 0 unspecified atom stereocenters. The van der Waals surface area contributed by atoms with Gasteiger partial charge in [-0.1, -0.05) is 23.7 Å². The van der Waals surface area contributed by atoms with Crippen LogP contribution >= 0.6 is 11.6 Å². The number of carbonyl (C=O) groups excluding carboxylic acids is 1. The third kappa shape index (κ3) is 4.04. The predicted octanol–water partition coefficient (Wildman–Crippen LogP) is 3.90. The van der Waals surface area contributed by atoms with Crippen molar-refractivity contribution in [3.05, 3.63) is 85.9 Å². The van der Waals surface area contributed by atoms with Gasteiger partial charge in [0.05, 0.1) is 12.2 Å². The number of carbonyl (C=O) groups is 1. The number of allylic oxidation sites excluding steroid dienone is 1. The first-order valence-electron chi connectivity index (χ1n) is 8.29. The second-order valence-electron chi connectivity index (χ2n) is 6.18. The smallest absolute Gasteiger partial charge is 0.351 e. The topological polar surface area (TPSA) is 85.3 Å². The van der Waals surface area contributed by atoms with Gasteiger partial charge in [0.1, 0.15) is 28.0 Å². The van der Waals surface area contributed by atoms with Crippen LogP contribution in [0.4, 0.5) is 4.39 Å². The van der Waals surface area contributed by atoms with Gasteiger partial charge >= 0.3 is 5.63 Å². The first kappa shape index (κ1) is 19.6. The van der Waals surface area contributed by atoms with Gasteiger partial charge in [-0.3, -0.25) is 4.79 Å². The third-order valence-electron chi connectivity index (χ3n) is 4.06. The van der Waals surface area contributed by atoms with Crippen LogP contribution in [0.3, 0.4) is 0 Å². The lowest BCUT2D eigenvalue weighted by molar-refractivity contribution is 0.104. The summed E-state index contributed by atoms with van der Waals surface area (Å²) in [5.74, 6) is -1.30. The summed E-state index contributed by atoms with van der Waals surface area (Å²) >= 11 is 6.36. The molecule has 0 fully saturated rings. The number of halogens is 2. The molecule has 144 valence electrons. The maximum atomic E-state index is 13.0. The van der Waals surface area contributed by atoms with Crippen molar-refractivity contribution in [1.29, 1.82) is 0 Å². The van der Waals surface area contributed by atoms with Gasteiger partial charge in [0.2, 0.25) is 0 Å². The first-order chi connectivity index (χ1) is 13.3. The molecule has 6 nitrogen and oxygen atoms in total. The summed E-state index contributed by atoms with van der Waals surface area (Å²) < 4.78 is 19.4. The molecule has 3 rings (SSSR count). The summed E-state index contributed by atoms with van der Waals surface area (Å²) in [6.45, 7) is 3.53. The molecule has 0 atom stereocenters. The highest BCUT2D eigenvalue weighted by Gasteiger charge is 2.17. The Kier molecular flexibility index (Phi) is 5.46. The summed E-state index contributed by atoms with van der Waals surface area (Å²) in [4.78, 5) is 24.1. The molecular weight excluding hydrogens is 387 g/mol. The van der Waals surface area contributed by atoms with Crippen LogP contribution in [0, 0.1) is 19.7 Å². The van der Waals surface area contributed by atoms with Crippen molar-refractivity contribution in [2.24, 2.45) is 0 Å². The van der Waals surface area contributed by atoms with Crippen LogP contribution in [0.15, 0.2) is 45.6 Å². The molecule has 0 radical (unpaired) electrons. The number of rotatable bonds is 5. The molecular formula is C20H16ClFN2O4. The van der Waals surface area contributed by atoms with Gasteiger partial charge < -0.3 is 9.52 Å². The van der Waals surface area contributed by atoms with Crippen LogP contribution in [0.25, 0.3) is 6.08 Å². The summed E-state index contributed by atoms with van der Waals surface area (Å²) in [6.07, 6.45) is 2.55. The monoisotopic (exact) mass is 402 g/mol. The molecule has 0 aliphatic rings. The van der Waals surface area contributed by atoms with Crippen LogP contribution in [0.2, 0.25) is 5.15 Å². The molecule has 1 N–H and O–H groups in total. The van der Waals surface area contributed by atoms with Crippen molar-refractivity contribution in [3.63, 3.8) is 0 Å². The molecule has 1 aromatic carbocycles. The van der Waals surface area contributed by atoms with Crippen molar-refractivity contribution in [2.45, 2.75) is 20.4 Å². The van der Waals surface area contributed by atoms with E-state index >= 15 is 0 Å². The lowest BCUT2D eigenvalue weighted by Crippen LogP contribution is -2.12. The van der Waals surface area contributed by atoms with Crippen LogP contribution in [0.1, 0.15) is 32.9 Å². The van der Waals surface area contributed by atoms with E-state index in [1.807, 2.05) is 0 Å². The summed E-state index contributed by atoms with van der Waals surface area (Å²) in [7, 11) is 0. The van der Waals surface area contributed by atoms with Crippen LogP contribution in [-0.4, -0.2) is 20.7 Å². The Bertz CT molecular complexity index is 1130. The van der Waals surface area contributed by atoms with Gasteiger partial charge in [0, 0.05) is 11.6 Å². The fourth-order valence-electron chi connectivity index (χ4n) is 2.69. The molecule has 3 aromatic rings. The van der Waals surface area contributed by atoms with E-state index in [9.17, 15) is 19.1 Å². The van der Waals surface area contributed by atoms with Gasteiger partial charge in [-0.05, 0) is 43.7 Å². The van der Waals surface area contributed by atoms with Gasteiger partial charge in [-0.25, -0.2) is 13.9 Å². The van der Waals surface area contributed by atoms with Crippen LogP contribution in [0.5, 0.6) is 5.75 Å². The highest BCUT2D eigenvalue weighted by Crippen LogP contribution is 2.23. The van der Waals surface area contributed by atoms with Crippen molar-refractivity contribution in [3.8, 4) is 5.75 Å². The normalized spacial score (nSPS) is 11.3. The lowest BCUT2D eigenvalue weighted by atomic mass is 10.1. The molecule has 0 aliphatic carbocycles. The van der Waals surface area contributed by atoms with Crippen molar-refractivity contribution < 1.29 is 18.7 Å². The molecule has 28 heavy (non-hydrogen) atoms. The average Bonchev–Trinajstić information content (AvgIpc) is 2.87. The van der Waals surface area contributed by atoms with Crippen molar-refractivity contribution in [2.75, 3.05) is 0 Å². The highest BCUT2D eigenvalue weighted by atomic mass is 35.5. The number of aryl methyl sites for hydroxylation is 2. The largest absolute Gasteiger partial charge is 0.507 e. The fraction of sp³-hybridized carbons (Fsp3) is 0.150. The second-order valence-corrected chi connectivity index (χ2v) is 6.53. The van der Waals surface area contributed by atoms with Crippen LogP contribution < -0.4 is 5.63 Å². The summed E-state index contributed by atoms with van der Waals surface area (Å²) in [5.41, 5.74) is 0.500. The van der Waals surface area contributed by atoms with Gasteiger partial charge in [0.25, 0.3) is 0 Å². The lowest BCUT2D eigenvalue weighted by Gasteiger charge is -2.03. The highest BCUT2D eigenvalue weighted by molar-refractivity contribution is 6.31. The maximum absolute atomic E-state index is 13.0. The van der Waals surface area contributed by atoms with Crippen molar-refractivity contribution >= 4 is 23.5 Å². The molecule has 8 heteroatoms. The van der Waals surface area contributed by atoms with E-state index in [1.54, 1.807) is 19.1 Å². The van der Waals surface area contributed by atoms with E-state index < -0.39 is 22.7 Å². The molecule has 0 saturated heterocycles. The third-order valence-corrected chi connectivity index (χ3v) is 4.46. The Morgan fingerprint density at radius 1 is 1.32 bits per heavy atom. The fourth-order valence-corrected chi connectivity index (χ4v) is 2.99. The minimum atomic E-state index is -0.915. The molecule has 0 bridgehead atoms. The molecule has 0 aliphatic heterocycles. The number of hydrogen-bond donors (Lipinski definition) is 1. The Morgan fingerprint density at radius 2 is 2.00 bits per heavy atom. The predicted molar refractivity (Wildman–Crippen MR) is 102 cm³/mol. The van der Waals surface area contributed by atoms with E-state index in [1.165, 1.54) is 35.9 Å². The quantitative estimate of drug-likeness (QED) is 0.516. The average molecular weight is 403 g/mol.